The molecule has 0 aliphatic heterocycles. The van der Waals surface area contributed by atoms with E-state index >= 15 is 0 Å². The molecule has 2 aromatic rings. The maximum atomic E-state index is 12.1. The predicted molar refractivity (Wildman–Crippen MR) is 80.1 cm³/mol. The van der Waals surface area contributed by atoms with Gasteiger partial charge in [0.1, 0.15) is 17.1 Å². The van der Waals surface area contributed by atoms with Crippen molar-refractivity contribution in [2.45, 2.75) is 13.3 Å². The van der Waals surface area contributed by atoms with Gasteiger partial charge in [-0.25, -0.2) is 9.59 Å². The number of carbonyl (C=O) groups is 2. The Balaban J connectivity index is 2.24. The van der Waals surface area contributed by atoms with Crippen LogP contribution in [0.5, 0.6) is 11.5 Å². The minimum absolute atomic E-state index is 0.0324. The largest absolute Gasteiger partial charge is 0.508 e. The molecule has 0 amide bonds. The summed E-state index contributed by atoms with van der Waals surface area (Å²) in [5.74, 6) is -1.36. The van der Waals surface area contributed by atoms with Gasteiger partial charge < -0.3 is 14.6 Å². The van der Waals surface area contributed by atoms with E-state index in [1.807, 2.05) is 6.92 Å². The summed E-state index contributed by atoms with van der Waals surface area (Å²) >= 11 is 0. The van der Waals surface area contributed by atoms with Crippen LogP contribution in [0.4, 0.5) is 0 Å². The normalized spacial score (nSPS) is 10.0. The number of phenols is 1. The Morgan fingerprint density at radius 3 is 2.45 bits per heavy atom. The van der Waals surface area contributed by atoms with Gasteiger partial charge in [-0.2, -0.15) is 0 Å². The highest BCUT2D eigenvalue weighted by Gasteiger charge is 2.18. The van der Waals surface area contributed by atoms with E-state index in [-0.39, 0.29) is 23.7 Å². The molecule has 0 atom stereocenters. The first-order chi connectivity index (χ1) is 10.6. The van der Waals surface area contributed by atoms with Crippen molar-refractivity contribution in [3.05, 3.63) is 59.7 Å². The third kappa shape index (κ3) is 3.85. The highest BCUT2D eigenvalue weighted by molar-refractivity contribution is 5.96. The van der Waals surface area contributed by atoms with Crippen molar-refractivity contribution in [3.63, 3.8) is 0 Å². The molecule has 2 rings (SSSR count). The summed E-state index contributed by atoms with van der Waals surface area (Å²) < 4.78 is 10.2. The third-order valence-electron chi connectivity index (χ3n) is 2.83. The zero-order valence-corrected chi connectivity index (χ0v) is 12.1. The molecular formula is C17H16O5. The van der Waals surface area contributed by atoms with Crippen molar-refractivity contribution in [1.29, 1.82) is 0 Å². The summed E-state index contributed by atoms with van der Waals surface area (Å²) in [6.07, 6.45) is 0.683. The first-order valence-corrected chi connectivity index (χ1v) is 6.89. The quantitative estimate of drug-likeness (QED) is 0.678. The molecule has 0 radical (unpaired) electrons. The van der Waals surface area contributed by atoms with Crippen molar-refractivity contribution in [2.75, 3.05) is 6.61 Å². The molecule has 0 aromatic heterocycles. The number of phenolic OH excluding ortho intramolecular Hbond substituents is 1. The smallest absolute Gasteiger partial charge is 0.343 e. The van der Waals surface area contributed by atoms with Crippen molar-refractivity contribution >= 4 is 11.9 Å². The second-order valence-corrected chi connectivity index (χ2v) is 4.57. The molecule has 5 heteroatoms. The summed E-state index contributed by atoms with van der Waals surface area (Å²) in [5.41, 5.74) is 0.439. The summed E-state index contributed by atoms with van der Waals surface area (Å²) in [5, 5.41) is 9.54. The van der Waals surface area contributed by atoms with Gasteiger partial charge in [0.25, 0.3) is 0 Å². The topological polar surface area (TPSA) is 72.8 Å². The summed E-state index contributed by atoms with van der Waals surface area (Å²) in [4.78, 5) is 24.0. The van der Waals surface area contributed by atoms with E-state index in [2.05, 4.69) is 0 Å². The van der Waals surface area contributed by atoms with Crippen molar-refractivity contribution in [3.8, 4) is 11.5 Å². The Labute approximate surface area is 128 Å². The number of aromatic hydroxyl groups is 1. The summed E-state index contributed by atoms with van der Waals surface area (Å²) in [6.45, 7) is 2.15. The molecule has 0 heterocycles. The highest BCUT2D eigenvalue weighted by Crippen LogP contribution is 2.26. The molecule has 0 aliphatic rings. The molecule has 1 N–H and O–H groups in total. The lowest BCUT2D eigenvalue weighted by atomic mass is 10.2. The van der Waals surface area contributed by atoms with Gasteiger partial charge in [-0.1, -0.05) is 25.1 Å². The van der Waals surface area contributed by atoms with Crippen LogP contribution in [0.1, 0.15) is 34.1 Å². The molecule has 0 bridgehead atoms. The second-order valence-electron chi connectivity index (χ2n) is 4.57. The Hall–Kier alpha value is -2.82. The SMILES string of the molecule is CCCOC(=O)c1ccc(O)cc1OC(=O)c1ccccc1. The van der Waals surface area contributed by atoms with Crippen LogP contribution in [-0.2, 0) is 4.74 Å². The van der Waals surface area contributed by atoms with E-state index in [0.717, 1.165) is 0 Å². The number of benzene rings is 2. The summed E-state index contributed by atoms with van der Waals surface area (Å²) in [6, 6.07) is 12.3. The average molecular weight is 300 g/mol. The fourth-order valence-electron chi connectivity index (χ4n) is 1.77. The minimum Gasteiger partial charge on any atom is -0.508 e. The first kappa shape index (κ1) is 15.6. The van der Waals surface area contributed by atoms with Gasteiger partial charge in [0, 0.05) is 6.07 Å². The van der Waals surface area contributed by atoms with Crippen molar-refractivity contribution in [1.82, 2.24) is 0 Å². The van der Waals surface area contributed by atoms with E-state index in [1.54, 1.807) is 30.3 Å². The lowest BCUT2D eigenvalue weighted by Crippen LogP contribution is -2.13. The van der Waals surface area contributed by atoms with Gasteiger partial charge >= 0.3 is 11.9 Å². The van der Waals surface area contributed by atoms with Crippen LogP contribution < -0.4 is 4.74 Å². The zero-order valence-electron chi connectivity index (χ0n) is 12.1. The first-order valence-electron chi connectivity index (χ1n) is 6.89. The number of ether oxygens (including phenoxy) is 2. The van der Waals surface area contributed by atoms with E-state index in [0.29, 0.717) is 12.0 Å². The maximum Gasteiger partial charge on any atom is 0.343 e. The van der Waals surface area contributed by atoms with E-state index < -0.39 is 11.9 Å². The van der Waals surface area contributed by atoms with Crippen molar-refractivity contribution < 1.29 is 24.2 Å². The average Bonchev–Trinajstić information content (AvgIpc) is 2.53. The van der Waals surface area contributed by atoms with Gasteiger partial charge in [0.15, 0.2) is 0 Å². The van der Waals surface area contributed by atoms with Gasteiger partial charge in [0.05, 0.1) is 12.2 Å². The van der Waals surface area contributed by atoms with Crippen LogP contribution >= 0.6 is 0 Å². The fraction of sp³-hybridized carbons (Fsp3) is 0.176. The fourth-order valence-corrected chi connectivity index (χ4v) is 1.77. The van der Waals surface area contributed by atoms with Crippen molar-refractivity contribution in [2.24, 2.45) is 0 Å². The standard InChI is InChI=1S/C17H16O5/c1-2-10-21-17(20)14-9-8-13(18)11-15(14)22-16(19)12-6-4-3-5-7-12/h3-9,11,18H,2,10H2,1H3. The molecular weight excluding hydrogens is 284 g/mol. The highest BCUT2D eigenvalue weighted by atomic mass is 16.5. The number of hydrogen-bond acceptors (Lipinski definition) is 5. The van der Waals surface area contributed by atoms with Gasteiger partial charge in [-0.05, 0) is 30.7 Å². The number of carbonyl (C=O) groups excluding carboxylic acids is 2. The molecule has 0 spiro atoms. The lowest BCUT2D eigenvalue weighted by molar-refractivity contribution is 0.0499. The number of hydrogen-bond donors (Lipinski definition) is 1. The van der Waals surface area contributed by atoms with Gasteiger partial charge in [-0.15, -0.1) is 0 Å². The van der Waals surface area contributed by atoms with E-state index in [4.69, 9.17) is 9.47 Å². The Kier molecular flexibility index (Phi) is 5.14. The molecule has 2 aromatic carbocycles. The Morgan fingerprint density at radius 1 is 1.05 bits per heavy atom. The lowest BCUT2D eigenvalue weighted by Gasteiger charge is -2.10. The number of esters is 2. The van der Waals surface area contributed by atoms with Gasteiger partial charge in [-0.3, -0.25) is 0 Å². The molecule has 114 valence electrons. The monoisotopic (exact) mass is 300 g/mol. The van der Waals surface area contributed by atoms with Crippen LogP contribution in [0.3, 0.4) is 0 Å². The van der Waals surface area contributed by atoms with Crippen LogP contribution in [0.15, 0.2) is 48.5 Å². The zero-order chi connectivity index (χ0) is 15.9. The maximum absolute atomic E-state index is 12.1. The predicted octanol–water partition coefficient (Wildman–Crippen LogP) is 3.18. The van der Waals surface area contributed by atoms with Gasteiger partial charge in [0.2, 0.25) is 0 Å². The summed E-state index contributed by atoms with van der Waals surface area (Å²) in [7, 11) is 0. The second kappa shape index (κ2) is 7.26. The van der Waals surface area contributed by atoms with Crippen LogP contribution in [0.2, 0.25) is 0 Å². The third-order valence-corrected chi connectivity index (χ3v) is 2.83. The van der Waals surface area contributed by atoms with Crippen LogP contribution in [-0.4, -0.2) is 23.7 Å². The molecule has 0 unspecified atom stereocenters. The molecule has 5 nitrogen and oxygen atoms in total. The molecule has 0 saturated carbocycles. The molecule has 0 fully saturated rings. The number of rotatable bonds is 5. The minimum atomic E-state index is -0.615. The molecule has 0 aliphatic carbocycles. The van der Waals surface area contributed by atoms with E-state index in [9.17, 15) is 14.7 Å². The molecule has 0 saturated heterocycles. The molecule has 22 heavy (non-hydrogen) atoms. The Morgan fingerprint density at radius 2 is 1.77 bits per heavy atom. The van der Waals surface area contributed by atoms with Crippen LogP contribution in [0, 0.1) is 0 Å². The van der Waals surface area contributed by atoms with E-state index in [1.165, 1.54) is 18.2 Å². The Bertz CT molecular complexity index is 664. The van der Waals surface area contributed by atoms with Crippen LogP contribution in [0.25, 0.3) is 0 Å².